The van der Waals surface area contributed by atoms with E-state index >= 15 is 0 Å². The molecule has 0 spiro atoms. The lowest BCUT2D eigenvalue weighted by Gasteiger charge is -2.41. The van der Waals surface area contributed by atoms with Crippen LogP contribution in [0.3, 0.4) is 0 Å². The number of phosphoric acid groups is 1. The van der Waals surface area contributed by atoms with Crippen molar-refractivity contribution in [2.75, 3.05) is 13.2 Å². The molecule has 6 unspecified atom stereocenters. The average molecular weight is 885 g/mol. The van der Waals surface area contributed by atoms with Gasteiger partial charge >= 0.3 is 19.8 Å². The zero-order valence-corrected chi connectivity index (χ0v) is 38.1. The molecular formula is C47H81O13P. The van der Waals surface area contributed by atoms with Crippen molar-refractivity contribution < 1.29 is 63.1 Å². The van der Waals surface area contributed by atoms with Crippen LogP contribution >= 0.6 is 7.82 Å². The fourth-order valence-corrected chi connectivity index (χ4v) is 7.60. The first-order chi connectivity index (χ1) is 29.4. The molecule has 1 aliphatic rings. The third-order valence-corrected chi connectivity index (χ3v) is 11.3. The van der Waals surface area contributed by atoms with Crippen LogP contribution in [0.15, 0.2) is 60.8 Å². The Balaban J connectivity index is 2.49. The lowest BCUT2D eigenvalue weighted by molar-refractivity contribution is -0.220. The summed E-state index contributed by atoms with van der Waals surface area (Å²) in [5.74, 6) is -1.14. The molecule has 14 heteroatoms. The number of unbranched alkanes of at least 4 members (excludes halogenated alkanes) is 15. The van der Waals surface area contributed by atoms with E-state index in [0.29, 0.717) is 12.8 Å². The molecule has 6 N–H and O–H groups in total. The monoisotopic (exact) mass is 885 g/mol. The van der Waals surface area contributed by atoms with Crippen LogP contribution < -0.4 is 0 Å². The van der Waals surface area contributed by atoms with Gasteiger partial charge < -0.3 is 39.9 Å². The number of hydrogen-bond donors (Lipinski definition) is 6. The van der Waals surface area contributed by atoms with Gasteiger partial charge in [0, 0.05) is 12.8 Å². The summed E-state index contributed by atoms with van der Waals surface area (Å²) >= 11 is 0. The molecule has 0 bridgehead atoms. The lowest BCUT2D eigenvalue weighted by Crippen LogP contribution is -2.64. The van der Waals surface area contributed by atoms with Crippen LogP contribution in [-0.4, -0.2) is 98.3 Å². The van der Waals surface area contributed by atoms with Gasteiger partial charge in [0.2, 0.25) is 0 Å². The maximum atomic E-state index is 12.8. The molecule has 0 aliphatic heterocycles. The van der Waals surface area contributed by atoms with Crippen molar-refractivity contribution in [1.82, 2.24) is 0 Å². The molecule has 1 aliphatic carbocycles. The Morgan fingerprint density at radius 2 is 0.934 bits per heavy atom. The van der Waals surface area contributed by atoms with Gasteiger partial charge in [0.1, 0.15) is 43.2 Å². The van der Waals surface area contributed by atoms with Gasteiger partial charge in [0.15, 0.2) is 6.10 Å². The fraction of sp³-hybridized carbons (Fsp3) is 0.745. The van der Waals surface area contributed by atoms with Crippen molar-refractivity contribution in [2.24, 2.45) is 0 Å². The molecule has 13 nitrogen and oxygen atoms in total. The Morgan fingerprint density at radius 1 is 0.525 bits per heavy atom. The van der Waals surface area contributed by atoms with Crippen LogP contribution in [0.4, 0.5) is 0 Å². The van der Waals surface area contributed by atoms with Crippen LogP contribution in [0.5, 0.6) is 0 Å². The SMILES string of the molecule is CCC=CCC=CCC=CCC=CCCCCCCC(=O)OC(COC(=O)CCCCCCCCCC=CCCCCCC)COP(=O)(O)OC1C(O)C(O)C(O)C(O)C1O. The van der Waals surface area contributed by atoms with E-state index in [2.05, 4.69) is 74.6 Å². The second kappa shape index (κ2) is 37.0. The predicted molar refractivity (Wildman–Crippen MR) is 239 cm³/mol. The molecule has 1 rings (SSSR count). The third kappa shape index (κ3) is 29.5. The number of aliphatic hydroxyl groups is 5. The number of esters is 2. The van der Waals surface area contributed by atoms with Gasteiger partial charge in [-0.1, -0.05) is 139 Å². The molecule has 61 heavy (non-hydrogen) atoms. The molecule has 352 valence electrons. The Labute approximate surface area is 366 Å². The molecular weight excluding hydrogens is 803 g/mol. The smallest absolute Gasteiger partial charge is 0.462 e. The second-order valence-electron chi connectivity index (χ2n) is 15.9. The average Bonchev–Trinajstić information content (AvgIpc) is 3.24. The molecule has 1 saturated carbocycles. The van der Waals surface area contributed by atoms with E-state index in [1.165, 1.54) is 44.9 Å². The molecule has 0 heterocycles. The minimum atomic E-state index is -5.13. The highest BCUT2D eigenvalue weighted by Gasteiger charge is 2.51. The number of hydrogen-bond acceptors (Lipinski definition) is 12. The highest BCUT2D eigenvalue weighted by molar-refractivity contribution is 7.47. The largest absolute Gasteiger partial charge is 0.472 e. The molecule has 0 aromatic heterocycles. The Bertz CT molecular complexity index is 1300. The maximum Gasteiger partial charge on any atom is 0.472 e. The summed E-state index contributed by atoms with van der Waals surface area (Å²) in [4.78, 5) is 35.7. The first-order valence-electron chi connectivity index (χ1n) is 23.1. The van der Waals surface area contributed by atoms with E-state index < -0.39 is 75.7 Å². The van der Waals surface area contributed by atoms with Crippen molar-refractivity contribution in [3.05, 3.63) is 60.8 Å². The molecule has 0 amide bonds. The van der Waals surface area contributed by atoms with Crippen molar-refractivity contribution in [1.29, 1.82) is 0 Å². The van der Waals surface area contributed by atoms with Crippen LogP contribution in [0.25, 0.3) is 0 Å². The second-order valence-corrected chi connectivity index (χ2v) is 17.3. The number of allylic oxidation sites excluding steroid dienone is 10. The summed E-state index contributed by atoms with van der Waals surface area (Å²) in [5.41, 5.74) is 0. The van der Waals surface area contributed by atoms with Gasteiger partial charge in [-0.05, 0) is 77.0 Å². The fourth-order valence-electron chi connectivity index (χ4n) is 6.62. The van der Waals surface area contributed by atoms with Crippen molar-refractivity contribution in [3.63, 3.8) is 0 Å². The van der Waals surface area contributed by atoms with Crippen molar-refractivity contribution in [3.8, 4) is 0 Å². The van der Waals surface area contributed by atoms with Gasteiger partial charge in [-0.3, -0.25) is 18.6 Å². The Morgan fingerprint density at radius 3 is 1.44 bits per heavy atom. The van der Waals surface area contributed by atoms with Gasteiger partial charge in [-0.2, -0.15) is 0 Å². The van der Waals surface area contributed by atoms with E-state index in [-0.39, 0.29) is 12.8 Å². The minimum absolute atomic E-state index is 0.0656. The van der Waals surface area contributed by atoms with E-state index in [9.17, 15) is 44.6 Å². The molecule has 1 fully saturated rings. The van der Waals surface area contributed by atoms with Gasteiger partial charge in [-0.15, -0.1) is 0 Å². The van der Waals surface area contributed by atoms with E-state index in [0.717, 1.165) is 83.5 Å². The number of carbonyl (C=O) groups excluding carboxylic acids is 2. The van der Waals surface area contributed by atoms with Crippen molar-refractivity contribution >= 4 is 19.8 Å². The topological polar surface area (TPSA) is 210 Å². The normalized spacial score (nSPS) is 22.6. The zero-order valence-electron chi connectivity index (χ0n) is 37.2. The van der Waals surface area contributed by atoms with Gasteiger partial charge in [0.05, 0.1) is 6.61 Å². The first kappa shape index (κ1) is 56.6. The molecule has 0 aromatic rings. The van der Waals surface area contributed by atoms with E-state index in [4.69, 9.17) is 18.5 Å². The minimum Gasteiger partial charge on any atom is -0.462 e. The Hall–Kier alpha value is -2.45. The maximum absolute atomic E-state index is 12.8. The lowest BCUT2D eigenvalue weighted by atomic mass is 9.85. The quantitative estimate of drug-likeness (QED) is 0.0149. The Kier molecular flexibility index (Phi) is 34.3. The van der Waals surface area contributed by atoms with Crippen LogP contribution in [0, 0.1) is 0 Å². The first-order valence-corrected chi connectivity index (χ1v) is 24.6. The highest BCUT2D eigenvalue weighted by Crippen LogP contribution is 2.47. The standard InChI is InChI=1S/C47H81O13P/c1-3-5-7-9-11-13-15-17-19-20-22-24-26-28-30-32-34-36-41(49)59-39(38-58-61(55,56)60-47-45(53)43(51)42(50)44(52)46(47)54)37-57-40(48)35-33-31-29-27-25-23-21-18-16-14-12-10-8-6-4-2/h5,7,11,13-14,16-17,19,22,24,39,42-47,50-54H,3-4,6,8-10,12,15,18,20-21,23,25-38H2,1-2H3,(H,55,56). The van der Waals surface area contributed by atoms with Crippen LogP contribution in [-0.2, 0) is 32.7 Å². The molecule has 6 atom stereocenters. The summed E-state index contributed by atoms with van der Waals surface area (Å²) < 4.78 is 33.5. The zero-order chi connectivity index (χ0) is 45.0. The molecule has 0 aromatic carbocycles. The number of carbonyl (C=O) groups is 2. The van der Waals surface area contributed by atoms with Crippen LogP contribution in [0.1, 0.15) is 168 Å². The number of ether oxygens (including phenoxy) is 2. The van der Waals surface area contributed by atoms with Crippen molar-refractivity contribution in [2.45, 2.75) is 211 Å². The van der Waals surface area contributed by atoms with E-state index in [1.54, 1.807) is 0 Å². The number of aliphatic hydroxyl groups excluding tert-OH is 5. The predicted octanol–water partition coefficient (Wildman–Crippen LogP) is 8.94. The van der Waals surface area contributed by atoms with Gasteiger partial charge in [0.25, 0.3) is 0 Å². The third-order valence-electron chi connectivity index (χ3n) is 10.3. The molecule has 0 radical (unpaired) electrons. The number of phosphoric ester groups is 1. The summed E-state index contributed by atoms with van der Waals surface area (Å²) in [5, 5.41) is 50.1. The summed E-state index contributed by atoms with van der Waals surface area (Å²) in [6.45, 7) is 3.14. The summed E-state index contributed by atoms with van der Waals surface area (Å²) in [6.07, 6.45) is 31.3. The number of rotatable bonds is 37. The summed E-state index contributed by atoms with van der Waals surface area (Å²) in [6, 6.07) is 0. The highest BCUT2D eigenvalue weighted by atomic mass is 31.2. The summed E-state index contributed by atoms with van der Waals surface area (Å²) in [7, 11) is -5.13. The van der Waals surface area contributed by atoms with Gasteiger partial charge in [-0.25, -0.2) is 4.57 Å². The van der Waals surface area contributed by atoms with Crippen LogP contribution in [0.2, 0.25) is 0 Å². The molecule has 0 saturated heterocycles. The van der Waals surface area contributed by atoms with E-state index in [1.807, 2.05) is 0 Å².